The molecule has 0 radical (unpaired) electrons. The van der Waals surface area contributed by atoms with Gasteiger partial charge in [-0.2, -0.15) is 0 Å². The minimum Gasteiger partial charge on any atom is -0.496 e. The summed E-state index contributed by atoms with van der Waals surface area (Å²) in [5.41, 5.74) is 1.75. The van der Waals surface area contributed by atoms with Crippen LogP contribution in [0.1, 0.15) is 33.6 Å². The van der Waals surface area contributed by atoms with Gasteiger partial charge >= 0.3 is 0 Å². The van der Waals surface area contributed by atoms with E-state index in [9.17, 15) is 9.59 Å². The fourth-order valence-corrected chi connectivity index (χ4v) is 2.43. The lowest BCUT2D eigenvalue weighted by atomic mass is 9.81. The van der Waals surface area contributed by atoms with E-state index in [-0.39, 0.29) is 11.6 Å². The van der Waals surface area contributed by atoms with Crippen molar-refractivity contribution in [2.24, 2.45) is 0 Å². The third kappa shape index (κ3) is 2.11. The van der Waals surface area contributed by atoms with Crippen LogP contribution >= 0.6 is 0 Å². The zero-order chi connectivity index (χ0) is 14.7. The van der Waals surface area contributed by atoms with Gasteiger partial charge in [0, 0.05) is 16.7 Å². The second kappa shape index (κ2) is 5.70. The van der Waals surface area contributed by atoms with Gasteiger partial charge in [-0.3, -0.25) is 9.59 Å². The van der Waals surface area contributed by atoms with Crippen LogP contribution in [0.5, 0.6) is 5.75 Å². The van der Waals surface area contributed by atoms with Crippen LogP contribution < -0.4 is 4.74 Å². The average Bonchev–Trinajstić information content (AvgIpc) is 2.47. The summed E-state index contributed by atoms with van der Waals surface area (Å²) in [5, 5.41) is 0. The molecule has 0 heterocycles. The van der Waals surface area contributed by atoms with Gasteiger partial charge in [-0.25, -0.2) is 0 Å². The van der Waals surface area contributed by atoms with E-state index in [1.807, 2.05) is 0 Å². The first kappa shape index (κ1) is 14.0. The van der Waals surface area contributed by atoms with Crippen LogP contribution in [0.3, 0.4) is 0 Å². The molecule has 1 aliphatic rings. The van der Waals surface area contributed by atoms with Crippen molar-refractivity contribution < 1.29 is 14.3 Å². The first-order valence-corrected chi connectivity index (χ1v) is 6.35. The van der Waals surface area contributed by atoms with Crippen LogP contribution in [0.25, 0.3) is 0 Å². The molecule has 0 unspecified atom stereocenters. The lowest BCUT2D eigenvalue weighted by Gasteiger charge is -2.21. The molecule has 0 saturated heterocycles. The maximum Gasteiger partial charge on any atom is 0.194 e. The highest BCUT2D eigenvalue weighted by Crippen LogP contribution is 2.35. The van der Waals surface area contributed by atoms with Crippen LogP contribution in [-0.4, -0.2) is 18.7 Å². The Labute approximate surface area is 118 Å². The Balaban J connectivity index is 2.69. The van der Waals surface area contributed by atoms with Crippen LogP contribution in [0.4, 0.5) is 0 Å². The Bertz CT molecular complexity index is 636. The summed E-state index contributed by atoms with van der Waals surface area (Å²) >= 11 is 0. The molecule has 0 saturated carbocycles. The number of fused-ring (bicyclic) bond motifs is 1. The summed E-state index contributed by atoms with van der Waals surface area (Å²) in [4.78, 5) is 25.2. The number of Topliss-reactive ketones (excluding diaryl/α,β-unsaturated/α-hetero) is 2. The van der Waals surface area contributed by atoms with Gasteiger partial charge in [-0.1, -0.05) is 24.3 Å². The van der Waals surface area contributed by atoms with E-state index in [1.54, 1.807) is 30.4 Å². The van der Waals surface area contributed by atoms with Crippen LogP contribution in [0, 0.1) is 0 Å². The van der Waals surface area contributed by atoms with Gasteiger partial charge in [0.25, 0.3) is 0 Å². The molecule has 0 amide bonds. The van der Waals surface area contributed by atoms with Gasteiger partial charge < -0.3 is 4.74 Å². The zero-order valence-corrected chi connectivity index (χ0v) is 11.4. The van der Waals surface area contributed by atoms with Gasteiger partial charge in [-0.05, 0) is 18.9 Å². The minimum absolute atomic E-state index is 0.129. The van der Waals surface area contributed by atoms with Crippen molar-refractivity contribution in [1.82, 2.24) is 0 Å². The van der Waals surface area contributed by atoms with Crippen molar-refractivity contribution in [3.63, 3.8) is 0 Å². The quantitative estimate of drug-likeness (QED) is 0.767. The molecule has 1 aromatic carbocycles. The Morgan fingerprint density at radius 1 is 1.05 bits per heavy atom. The standard InChI is InChI=1S/C17H16O3/c1-4-7-11-12(8-5-2)17(19)15-13(16(11)18)9-6-10-14(15)20-3/h4-6,9-10H,1-2,7-8H2,3H3. The first-order chi connectivity index (χ1) is 9.65. The van der Waals surface area contributed by atoms with Crippen molar-refractivity contribution >= 4 is 11.6 Å². The number of ether oxygens (including phenoxy) is 1. The number of carbonyl (C=O) groups excluding carboxylic acids is 2. The Morgan fingerprint density at radius 3 is 2.20 bits per heavy atom. The number of ketones is 2. The normalized spacial score (nSPS) is 14.1. The second-order valence-electron chi connectivity index (χ2n) is 4.48. The molecule has 0 N–H and O–H groups in total. The van der Waals surface area contributed by atoms with Gasteiger partial charge in [0.15, 0.2) is 11.6 Å². The summed E-state index contributed by atoms with van der Waals surface area (Å²) in [6.45, 7) is 7.30. The minimum atomic E-state index is -0.159. The van der Waals surface area contributed by atoms with Gasteiger partial charge in [0.1, 0.15) is 5.75 Å². The molecule has 20 heavy (non-hydrogen) atoms. The number of benzene rings is 1. The Kier molecular flexibility index (Phi) is 3.99. The summed E-state index contributed by atoms with van der Waals surface area (Å²) < 4.78 is 5.21. The van der Waals surface area contributed by atoms with E-state index in [2.05, 4.69) is 13.2 Å². The predicted octanol–water partition coefficient (Wildman–Crippen LogP) is 3.52. The lowest BCUT2D eigenvalue weighted by Crippen LogP contribution is -2.22. The van der Waals surface area contributed by atoms with Crippen molar-refractivity contribution in [2.75, 3.05) is 7.11 Å². The van der Waals surface area contributed by atoms with E-state index < -0.39 is 0 Å². The molecular weight excluding hydrogens is 252 g/mol. The molecule has 0 bridgehead atoms. The van der Waals surface area contributed by atoms with E-state index in [1.165, 1.54) is 7.11 Å². The average molecular weight is 268 g/mol. The molecule has 0 fully saturated rings. The van der Waals surface area contributed by atoms with Crippen molar-refractivity contribution in [1.29, 1.82) is 0 Å². The number of hydrogen-bond acceptors (Lipinski definition) is 3. The topological polar surface area (TPSA) is 43.4 Å². The van der Waals surface area contributed by atoms with Crippen LogP contribution in [0.15, 0.2) is 54.7 Å². The van der Waals surface area contributed by atoms with Crippen LogP contribution in [0.2, 0.25) is 0 Å². The van der Waals surface area contributed by atoms with Crippen LogP contribution in [-0.2, 0) is 0 Å². The highest BCUT2D eigenvalue weighted by atomic mass is 16.5. The number of methoxy groups -OCH3 is 1. The smallest absolute Gasteiger partial charge is 0.194 e. The molecule has 2 rings (SSSR count). The SMILES string of the molecule is C=CCC1=C(CC=C)C(=O)c2c(OC)cccc2C1=O. The van der Waals surface area contributed by atoms with Gasteiger partial charge in [0.05, 0.1) is 12.7 Å². The molecule has 102 valence electrons. The molecule has 1 aromatic rings. The fraction of sp³-hybridized carbons (Fsp3) is 0.176. The number of rotatable bonds is 5. The molecule has 3 nitrogen and oxygen atoms in total. The molecule has 0 aliphatic heterocycles. The molecule has 0 aromatic heterocycles. The van der Waals surface area contributed by atoms with Crippen molar-refractivity contribution in [3.05, 3.63) is 65.8 Å². The summed E-state index contributed by atoms with van der Waals surface area (Å²) in [6, 6.07) is 5.06. The third-order valence-corrected chi connectivity index (χ3v) is 3.33. The Morgan fingerprint density at radius 2 is 1.65 bits per heavy atom. The first-order valence-electron chi connectivity index (χ1n) is 6.35. The molecular formula is C17H16O3. The van der Waals surface area contributed by atoms with Crippen molar-refractivity contribution in [3.8, 4) is 5.75 Å². The van der Waals surface area contributed by atoms with E-state index in [0.717, 1.165) is 0 Å². The summed E-state index contributed by atoms with van der Waals surface area (Å²) in [7, 11) is 1.49. The lowest BCUT2D eigenvalue weighted by molar-refractivity contribution is 0.0969. The number of allylic oxidation sites excluding steroid dienone is 4. The van der Waals surface area contributed by atoms with Gasteiger partial charge in [0.2, 0.25) is 0 Å². The second-order valence-corrected chi connectivity index (χ2v) is 4.48. The fourth-order valence-electron chi connectivity index (χ4n) is 2.43. The monoisotopic (exact) mass is 268 g/mol. The molecule has 3 heteroatoms. The number of hydrogen-bond donors (Lipinski definition) is 0. The molecule has 0 spiro atoms. The van der Waals surface area contributed by atoms with Crippen molar-refractivity contribution in [2.45, 2.75) is 12.8 Å². The van der Waals surface area contributed by atoms with Gasteiger partial charge in [-0.15, -0.1) is 13.2 Å². The largest absolute Gasteiger partial charge is 0.496 e. The highest BCUT2D eigenvalue weighted by Gasteiger charge is 2.32. The summed E-state index contributed by atoms with van der Waals surface area (Å²) in [6.07, 6.45) is 4.01. The van der Waals surface area contributed by atoms with E-state index >= 15 is 0 Å². The zero-order valence-electron chi connectivity index (χ0n) is 11.4. The molecule has 0 atom stereocenters. The van der Waals surface area contributed by atoms with E-state index in [0.29, 0.717) is 40.9 Å². The Hall–Kier alpha value is -2.42. The molecule has 1 aliphatic carbocycles. The maximum absolute atomic E-state index is 12.6. The highest BCUT2D eigenvalue weighted by molar-refractivity contribution is 6.28. The maximum atomic E-state index is 12.6. The van der Waals surface area contributed by atoms with E-state index in [4.69, 9.17) is 4.74 Å². The predicted molar refractivity (Wildman–Crippen MR) is 78.3 cm³/mol. The summed E-state index contributed by atoms with van der Waals surface area (Å²) in [5.74, 6) is 0.143. The number of carbonyl (C=O) groups is 2. The third-order valence-electron chi connectivity index (χ3n) is 3.33.